The summed E-state index contributed by atoms with van der Waals surface area (Å²) in [5.41, 5.74) is 1.43. The lowest BCUT2D eigenvalue weighted by Crippen LogP contribution is -2.33. The number of carbonyl (C=O) groups is 1. The van der Waals surface area contributed by atoms with Gasteiger partial charge in [-0.05, 0) is 42.9 Å². The minimum Gasteiger partial charge on any atom is -0.486 e. The number of aromatic nitrogens is 3. The fourth-order valence-electron chi connectivity index (χ4n) is 3.77. The zero-order chi connectivity index (χ0) is 23.1. The summed E-state index contributed by atoms with van der Waals surface area (Å²) in [6, 6.07) is 20.2. The molecule has 1 fully saturated rings. The summed E-state index contributed by atoms with van der Waals surface area (Å²) in [5, 5.41) is 12.6. The number of carbonyl (C=O) groups excluding carboxylic acids is 1. The number of nitrogens with zero attached hydrogens (tertiary/aromatic N) is 3. The van der Waals surface area contributed by atoms with Crippen LogP contribution in [-0.2, 0) is 23.4 Å². The maximum Gasteiger partial charge on any atom is 0.230 e. The van der Waals surface area contributed by atoms with Crippen molar-refractivity contribution < 1.29 is 9.53 Å². The van der Waals surface area contributed by atoms with Gasteiger partial charge in [-0.2, -0.15) is 0 Å². The van der Waals surface area contributed by atoms with E-state index in [1.807, 2.05) is 36.4 Å². The van der Waals surface area contributed by atoms with E-state index in [9.17, 15) is 4.79 Å². The fraction of sp³-hybridized carbons (Fsp3) is 0.423. The standard InChI is InChI=1S/C26H32N4O2S/c1-20(2)13-16-30-23(17-32-22-11-7-4-8-12-22)28-29-25(30)33-18-24(31)27-19-26(14-15-26)21-9-5-3-6-10-21/h3-12,20H,13-19H2,1-2H3,(H,27,31). The molecular weight excluding hydrogens is 432 g/mol. The topological polar surface area (TPSA) is 69.0 Å². The number of para-hydroxylation sites is 1. The average Bonchev–Trinajstić information content (AvgIpc) is 3.54. The largest absolute Gasteiger partial charge is 0.486 e. The Morgan fingerprint density at radius 2 is 1.79 bits per heavy atom. The molecule has 33 heavy (non-hydrogen) atoms. The second kappa shape index (κ2) is 10.9. The Morgan fingerprint density at radius 1 is 1.09 bits per heavy atom. The molecule has 0 bridgehead atoms. The molecule has 6 nitrogen and oxygen atoms in total. The number of rotatable bonds is 12. The quantitative estimate of drug-likeness (QED) is 0.388. The normalized spacial score (nSPS) is 14.3. The second-order valence-electron chi connectivity index (χ2n) is 9.05. The minimum absolute atomic E-state index is 0.0303. The molecule has 1 aliphatic rings. The predicted molar refractivity (Wildman–Crippen MR) is 131 cm³/mol. The van der Waals surface area contributed by atoms with Crippen molar-refractivity contribution >= 4 is 17.7 Å². The molecule has 0 unspecified atom stereocenters. The summed E-state index contributed by atoms with van der Waals surface area (Å²) >= 11 is 1.44. The van der Waals surface area contributed by atoms with E-state index in [-0.39, 0.29) is 11.3 Å². The zero-order valence-corrected chi connectivity index (χ0v) is 20.2. The molecule has 4 rings (SSSR count). The molecule has 1 saturated carbocycles. The number of hydrogen-bond donors (Lipinski definition) is 1. The van der Waals surface area contributed by atoms with E-state index >= 15 is 0 Å². The molecular formula is C26H32N4O2S. The molecule has 0 aliphatic heterocycles. The van der Waals surface area contributed by atoms with Crippen molar-refractivity contribution in [1.29, 1.82) is 0 Å². The minimum atomic E-state index is 0.0303. The van der Waals surface area contributed by atoms with Crippen LogP contribution in [0.1, 0.15) is 44.5 Å². The molecule has 7 heteroatoms. The monoisotopic (exact) mass is 464 g/mol. The summed E-state index contributed by atoms with van der Waals surface area (Å²) in [4.78, 5) is 12.6. The summed E-state index contributed by atoms with van der Waals surface area (Å²) in [5.74, 6) is 2.50. The third-order valence-corrected chi connectivity index (χ3v) is 7.00. The molecule has 174 valence electrons. The van der Waals surface area contributed by atoms with Crippen LogP contribution in [0.15, 0.2) is 65.8 Å². The first-order valence-electron chi connectivity index (χ1n) is 11.6. The first-order valence-corrected chi connectivity index (χ1v) is 12.6. The molecule has 1 heterocycles. The molecule has 2 aromatic carbocycles. The Morgan fingerprint density at radius 3 is 2.45 bits per heavy atom. The fourth-order valence-corrected chi connectivity index (χ4v) is 4.58. The first kappa shape index (κ1) is 23.4. The van der Waals surface area contributed by atoms with Crippen molar-refractivity contribution in [3.63, 3.8) is 0 Å². The number of nitrogens with one attached hydrogen (secondary N) is 1. The second-order valence-corrected chi connectivity index (χ2v) is 9.99. The van der Waals surface area contributed by atoms with Crippen LogP contribution in [0.2, 0.25) is 0 Å². The molecule has 3 aromatic rings. The van der Waals surface area contributed by atoms with E-state index in [1.165, 1.54) is 17.3 Å². The third-order valence-electron chi connectivity index (χ3n) is 6.03. The lowest BCUT2D eigenvalue weighted by Gasteiger charge is -2.16. The first-order chi connectivity index (χ1) is 16.1. The van der Waals surface area contributed by atoms with Crippen LogP contribution in [0.25, 0.3) is 0 Å². The molecule has 1 amide bonds. The van der Waals surface area contributed by atoms with E-state index < -0.39 is 0 Å². The van der Waals surface area contributed by atoms with Gasteiger partial charge in [0.05, 0.1) is 5.75 Å². The van der Waals surface area contributed by atoms with Crippen LogP contribution >= 0.6 is 11.8 Å². The van der Waals surface area contributed by atoms with Gasteiger partial charge in [0.1, 0.15) is 12.4 Å². The van der Waals surface area contributed by atoms with E-state index in [2.05, 4.69) is 58.2 Å². The van der Waals surface area contributed by atoms with Gasteiger partial charge in [-0.25, -0.2) is 0 Å². The van der Waals surface area contributed by atoms with Gasteiger partial charge in [0.2, 0.25) is 5.91 Å². The molecule has 1 N–H and O–H groups in total. The highest BCUT2D eigenvalue weighted by Crippen LogP contribution is 2.47. The van der Waals surface area contributed by atoms with Crippen molar-refractivity contribution in [2.75, 3.05) is 12.3 Å². The van der Waals surface area contributed by atoms with Gasteiger partial charge < -0.3 is 14.6 Å². The van der Waals surface area contributed by atoms with Crippen molar-refractivity contribution in [3.8, 4) is 5.75 Å². The Labute approximate surface area is 200 Å². The van der Waals surface area contributed by atoms with Crippen LogP contribution in [0.5, 0.6) is 5.75 Å². The van der Waals surface area contributed by atoms with Gasteiger partial charge >= 0.3 is 0 Å². The van der Waals surface area contributed by atoms with E-state index in [1.54, 1.807) is 0 Å². The van der Waals surface area contributed by atoms with Gasteiger partial charge in [-0.3, -0.25) is 4.79 Å². The van der Waals surface area contributed by atoms with E-state index in [0.29, 0.717) is 24.8 Å². The molecule has 1 aliphatic carbocycles. The number of benzene rings is 2. The summed E-state index contributed by atoms with van der Waals surface area (Å²) in [6.07, 6.45) is 3.26. The van der Waals surface area contributed by atoms with Gasteiger partial charge in [-0.15, -0.1) is 10.2 Å². The lowest BCUT2D eigenvalue weighted by atomic mass is 9.96. The number of ether oxygens (including phenoxy) is 1. The Balaban J connectivity index is 1.33. The number of thioether (sulfide) groups is 1. The van der Waals surface area contributed by atoms with Crippen LogP contribution in [-0.4, -0.2) is 33.0 Å². The molecule has 0 saturated heterocycles. The van der Waals surface area contributed by atoms with Crippen LogP contribution < -0.4 is 10.1 Å². The van der Waals surface area contributed by atoms with Crippen LogP contribution in [0.3, 0.4) is 0 Å². The number of amides is 1. The van der Waals surface area contributed by atoms with Gasteiger partial charge in [0.25, 0.3) is 0 Å². The summed E-state index contributed by atoms with van der Waals surface area (Å²) in [7, 11) is 0. The van der Waals surface area contributed by atoms with Gasteiger partial charge in [0, 0.05) is 18.5 Å². The van der Waals surface area contributed by atoms with Crippen molar-refractivity contribution in [1.82, 2.24) is 20.1 Å². The predicted octanol–water partition coefficient (Wildman–Crippen LogP) is 4.84. The third kappa shape index (κ3) is 6.38. The Kier molecular flexibility index (Phi) is 7.70. The smallest absolute Gasteiger partial charge is 0.230 e. The summed E-state index contributed by atoms with van der Waals surface area (Å²) < 4.78 is 7.98. The van der Waals surface area contributed by atoms with Gasteiger partial charge in [-0.1, -0.05) is 74.1 Å². The molecule has 0 spiro atoms. The maximum absolute atomic E-state index is 12.6. The maximum atomic E-state index is 12.6. The van der Waals surface area contributed by atoms with Crippen molar-refractivity contribution in [2.45, 2.75) is 56.8 Å². The van der Waals surface area contributed by atoms with Gasteiger partial charge in [0.15, 0.2) is 11.0 Å². The highest BCUT2D eigenvalue weighted by Gasteiger charge is 2.44. The Bertz CT molecular complexity index is 1030. The SMILES string of the molecule is CC(C)CCn1c(COc2ccccc2)nnc1SCC(=O)NCC1(c2ccccc2)CC1. The average molecular weight is 465 g/mol. The van der Waals surface area contributed by atoms with Crippen LogP contribution in [0, 0.1) is 5.92 Å². The van der Waals surface area contributed by atoms with Crippen molar-refractivity contribution in [3.05, 3.63) is 72.1 Å². The van der Waals surface area contributed by atoms with Crippen LogP contribution in [0.4, 0.5) is 0 Å². The lowest BCUT2D eigenvalue weighted by molar-refractivity contribution is -0.118. The summed E-state index contributed by atoms with van der Waals surface area (Å²) in [6.45, 7) is 6.24. The molecule has 0 radical (unpaired) electrons. The van der Waals surface area contributed by atoms with E-state index in [0.717, 1.165) is 42.5 Å². The highest BCUT2D eigenvalue weighted by molar-refractivity contribution is 7.99. The zero-order valence-electron chi connectivity index (χ0n) is 19.4. The van der Waals surface area contributed by atoms with Crippen molar-refractivity contribution in [2.24, 2.45) is 5.92 Å². The Hall–Kier alpha value is -2.80. The van der Waals surface area contributed by atoms with E-state index in [4.69, 9.17) is 4.74 Å². The molecule has 0 atom stereocenters. The molecule has 1 aromatic heterocycles. The highest BCUT2D eigenvalue weighted by atomic mass is 32.2. The number of hydrogen-bond acceptors (Lipinski definition) is 5.